The number of nitrogens with zero attached hydrogens (tertiary/aromatic N) is 5. The number of aliphatic hydroxyl groups excluding tert-OH is 1. The van der Waals surface area contributed by atoms with E-state index in [9.17, 15) is 5.11 Å². The zero-order valence-electron chi connectivity index (χ0n) is 20.2. The normalized spacial score (nSPS) is 24.3. The number of methoxy groups -OCH3 is 1. The molecule has 3 aliphatic heterocycles. The molecule has 6 rings (SSSR count). The third kappa shape index (κ3) is 4.17. The average molecular weight is 478 g/mol. The van der Waals surface area contributed by atoms with Crippen LogP contribution in [0.4, 0.5) is 11.8 Å². The topological polar surface area (TPSA) is 93.1 Å². The number of fused-ring (bicyclic) bond motifs is 3. The summed E-state index contributed by atoms with van der Waals surface area (Å²) in [5.41, 5.74) is 3.28. The highest BCUT2D eigenvalue weighted by molar-refractivity contribution is 5.92. The van der Waals surface area contributed by atoms with E-state index < -0.39 is 0 Å². The van der Waals surface area contributed by atoms with Crippen molar-refractivity contribution in [2.45, 2.75) is 44.6 Å². The summed E-state index contributed by atoms with van der Waals surface area (Å²) in [5, 5.41) is 10.7. The van der Waals surface area contributed by atoms with E-state index in [1.807, 2.05) is 30.5 Å². The SMILES string of the molecule is COc1ccc(-c2cc3nc(N4CCOC[C@@H]4C)nc(N4CC5CCC(C4)O5)c3cn2)cc1CO. The molecular weight excluding hydrogens is 446 g/mol. The molecule has 2 bridgehead atoms. The Bertz CT molecular complexity index is 1230. The zero-order chi connectivity index (χ0) is 23.9. The van der Waals surface area contributed by atoms with Gasteiger partial charge in [0.05, 0.1) is 61.8 Å². The molecule has 35 heavy (non-hydrogen) atoms. The number of aliphatic hydroxyl groups is 1. The van der Waals surface area contributed by atoms with Crippen molar-refractivity contribution >= 4 is 22.7 Å². The van der Waals surface area contributed by atoms with Crippen LogP contribution in [-0.2, 0) is 16.1 Å². The average Bonchev–Trinajstić information content (AvgIpc) is 3.24. The first kappa shape index (κ1) is 22.5. The number of benzene rings is 1. The highest BCUT2D eigenvalue weighted by Gasteiger charge is 2.35. The van der Waals surface area contributed by atoms with Gasteiger partial charge >= 0.3 is 0 Å². The van der Waals surface area contributed by atoms with Crippen molar-refractivity contribution < 1.29 is 19.3 Å². The van der Waals surface area contributed by atoms with Gasteiger partial charge in [-0.3, -0.25) is 4.98 Å². The number of hydrogen-bond acceptors (Lipinski definition) is 9. The van der Waals surface area contributed by atoms with Gasteiger partial charge in [-0.25, -0.2) is 4.98 Å². The number of ether oxygens (including phenoxy) is 3. The second-order valence-electron chi connectivity index (χ2n) is 9.60. The van der Waals surface area contributed by atoms with Crippen molar-refractivity contribution in [3.05, 3.63) is 36.0 Å². The van der Waals surface area contributed by atoms with Crippen LogP contribution in [0.2, 0.25) is 0 Å². The fraction of sp³-hybridized carbons (Fsp3) is 0.500. The first-order chi connectivity index (χ1) is 17.1. The number of aromatic nitrogens is 3. The van der Waals surface area contributed by atoms with Crippen LogP contribution in [0.5, 0.6) is 5.75 Å². The minimum atomic E-state index is -0.102. The summed E-state index contributed by atoms with van der Waals surface area (Å²) in [5.74, 6) is 2.31. The van der Waals surface area contributed by atoms with Crippen LogP contribution in [-0.4, -0.2) is 78.3 Å². The van der Waals surface area contributed by atoms with E-state index in [0.29, 0.717) is 19.0 Å². The summed E-state index contributed by atoms with van der Waals surface area (Å²) in [6, 6.07) is 7.96. The maximum Gasteiger partial charge on any atom is 0.228 e. The first-order valence-corrected chi connectivity index (χ1v) is 12.3. The van der Waals surface area contributed by atoms with Gasteiger partial charge in [0.1, 0.15) is 11.6 Å². The van der Waals surface area contributed by atoms with Gasteiger partial charge in [-0.15, -0.1) is 0 Å². The summed E-state index contributed by atoms with van der Waals surface area (Å²) >= 11 is 0. The summed E-state index contributed by atoms with van der Waals surface area (Å²) < 4.78 is 17.1. The van der Waals surface area contributed by atoms with Gasteiger partial charge in [0, 0.05) is 37.0 Å². The van der Waals surface area contributed by atoms with Crippen LogP contribution in [0, 0.1) is 0 Å². The maximum atomic E-state index is 9.77. The molecule has 9 heteroatoms. The predicted octanol–water partition coefficient (Wildman–Crippen LogP) is 2.79. The fourth-order valence-corrected chi connectivity index (χ4v) is 5.40. The van der Waals surface area contributed by atoms with Crippen molar-refractivity contribution in [2.24, 2.45) is 0 Å². The van der Waals surface area contributed by atoms with Crippen LogP contribution in [0.1, 0.15) is 25.3 Å². The Morgan fingerprint density at radius 2 is 1.97 bits per heavy atom. The number of morpholine rings is 2. The molecule has 184 valence electrons. The zero-order valence-corrected chi connectivity index (χ0v) is 20.2. The highest BCUT2D eigenvalue weighted by Crippen LogP contribution is 2.35. The van der Waals surface area contributed by atoms with E-state index in [-0.39, 0.29) is 24.9 Å². The van der Waals surface area contributed by atoms with E-state index in [1.54, 1.807) is 7.11 Å². The standard InChI is InChI=1S/C26H31N5O4/c1-16-15-34-8-7-31(16)26-28-23-10-22(17-3-6-24(33-2)18(9-17)14-32)27-11-21(23)25(29-26)30-12-19-4-5-20(13-30)35-19/h3,6,9-11,16,19-20,32H,4-5,7-8,12-15H2,1-2H3/t16-,19?,20?/m0/s1. The van der Waals surface area contributed by atoms with E-state index >= 15 is 0 Å². The quantitative estimate of drug-likeness (QED) is 0.595. The van der Waals surface area contributed by atoms with Crippen molar-refractivity contribution in [3.63, 3.8) is 0 Å². The van der Waals surface area contributed by atoms with Gasteiger partial charge < -0.3 is 29.1 Å². The predicted molar refractivity (Wildman–Crippen MR) is 133 cm³/mol. The van der Waals surface area contributed by atoms with E-state index in [0.717, 1.165) is 72.0 Å². The third-order valence-corrected chi connectivity index (χ3v) is 7.26. The van der Waals surface area contributed by atoms with Crippen LogP contribution in [0.15, 0.2) is 30.5 Å². The Kier molecular flexibility index (Phi) is 5.91. The number of pyridine rings is 1. The fourth-order valence-electron chi connectivity index (χ4n) is 5.40. The Hall–Kier alpha value is -3.01. The van der Waals surface area contributed by atoms with Crippen LogP contribution in [0.25, 0.3) is 22.2 Å². The molecule has 3 fully saturated rings. The lowest BCUT2D eigenvalue weighted by Gasteiger charge is -2.36. The smallest absolute Gasteiger partial charge is 0.228 e. The molecule has 2 unspecified atom stereocenters. The lowest BCUT2D eigenvalue weighted by molar-refractivity contribution is 0.0303. The second-order valence-corrected chi connectivity index (χ2v) is 9.60. The van der Waals surface area contributed by atoms with E-state index in [1.165, 1.54) is 0 Å². The molecule has 5 heterocycles. The minimum absolute atomic E-state index is 0.102. The molecular formula is C26H31N5O4. The molecule has 3 saturated heterocycles. The number of rotatable bonds is 5. The Balaban J connectivity index is 1.46. The molecule has 9 nitrogen and oxygen atoms in total. The third-order valence-electron chi connectivity index (χ3n) is 7.26. The van der Waals surface area contributed by atoms with Gasteiger partial charge in [-0.1, -0.05) is 0 Å². The monoisotopic (exact) mass is 477 g/mol. The second kappa shape index (κ2) is 9.22. The summed E-state index contributed by atoms with van der Waals surface area (Å²) in [7, 11) is 1.60. The summed E-state index contributed by atoms with van der Waals surface area (Å²) in [6.07, 6.45) is 4.60. The maximum absolute atomic E-state index is 9.77. The van der Waals surface area contributed by atoms with E-state index in [4.69, 9.17) is 29.2 Å². The molecule has 0 radical (unpaired) electrons. The molecule has 0 spiro atoms. The van der Waals surface area contributed by atoms with Crippen molar-refractivity contribution in [1.82, 2.24) is 15.0 Å². The highest BCUT2D eigenvalue weighted by atomic mass is 16.5. The Labute approximate surface area is 204 Å². The van der Waals surface area contributed by atoms with Crippen LogP contribution < -0.4 is 14.5 Å². The van der Waals surface area contributed by atoms with Crippen molar-refractivity contribution in [2.75, 3.05) is 49.8 Å². The molecule has 0 amide bonds. The Morgan fingerprint density at radius 1 is 1.14 bits per heavy atom. The lowest BCUT2D eigenvalue weighted by atomic mass is 10.1. The molecule has 3 aliphatic rings. The number of hydrogen-bond donors (Lipinski definition) is 1. The molecule has 0 saturated carbocycles. The van der Waals surface area contributed by atoms with Gasteiger partial charge in [0.25, 0.3) is 0 Å². The summed E-state index contributed by atoms with van der Waals surface area (Å²) in [4.78, 5) is 19.5. The van der Waals surface area contributed by atoms with Gasteiger partial charge in [-0.2, -0.15) is 4.98 Å². The first-order valence-electron chi connectivity index (χ1n) is 12.3. The molecule has 0 aliphatic carbocycles. The van der Waals surface area contributed by atoms with E-state index in [2.05, 4.69) is 16.7 Å². The molecule has 1 N–H and O–H groups in total. The van der Waals surface area contributed by atoms with Crippen molar-refractivity contribution in [3.8, 4) is 17.0 Å². The lowest BCUT2D eigenvalue weighted by Crippen LogP contribution is -2.45. The molecule has 3 aromatic rings. The van der Waals surface area contributed by atoms with Gasteiger partial charge in [0.15, 0.2) is 0 Å². The molecule has 2 aromatic heterocycles. The largest absolute Gasteiger partial charge is 0.496 e. The number of anilines is 2. The minimum Gasteiger partial charge on any atom is -0.496 e. The Morgan fingerprint density at radius 3 is 2.71 bits per heavy atom. The summed E-state index contributed by atoms with van der Waals surface area (Å²) in [6.45, 7) is 5.80. The van der Waals surface area contributed by atoms with Crippen molar-refractivity contribution in [1.29, 1.82) is 0 Å². The van der Waals surface area contributed by atoms with Gasteiger partial charge in [0.2, 0.25) is 5.95 Å². The van der Waals surface area contributed by atoms with Gasteiger partial charge in [-0.05, 0) is 44.0 Å². The molecule has 3 atom stereocenters. The molecule has 1 aromatic carbocycles. The van der Waals surface area contributed by atoms with Crippen LogP contribution >= 0.6 is 0 Å². The van der Waals surface area contributed by atoms with Crippen LogP contribution in [0.3, 0.4) is 0 Å².